The van der Waals surface area contributed by atoms with E-state index in [1.54, 1.807) is 24.3 Å². The first-order chi connectivity index (χ1) is 21.1. The number of benzene rings is 4. The molecule has 1 amide bonds. The summed E-state index contributed by atoms with van der Waals surface area (Å²) in [5.41, 5.74) is 4.18. The van der Waals surface area contributed by atoms with Crippen molar-refractivity contribution >= 4 is 39.0 Å². The van der Waals surface area contributed by atoms with Gasteiger partial charge in [-0.15, -0.1) is 0 Å². The van der Waals surface area contributed by atoms with Crippen molar-refractivity contribution < 1.29 is 27.1 Å². The number of nitrogens with zero attached hydrogens (tertiary/aromatic N) is 2. The molecule has 1 aliphatic rings. The Morgan fingerprint density at radius 1 is 0.909 bits per heavy atom. The van der Waals surface area contributed by atoms with E-state index in [4.69, 9.17) is 4.74 Å². The third-order valence-electron chi connectivity index (χ3n) is 7.49. The number of rotatable bonds is 10. The van der Waals surface area contributed by atoms with Crippen molar-refractivity contribution in [2.75, 3.05) is 23.4 Å². The molecule has 1 aliphatic heterocycles. The maximum Gasteiger partial charge on any atom is 0.308 e. The zero-order valence-electron chi connectivity index (χ0n) is 24.5. The fourth-order valence-electron chi connectivity index (χ4n) is 5.47. The highest BCUT2D eigenvalue weighted by Crippen LogP contribution is 2.36. The van der Waals surface area contributed by atoms with E-state index in [-0.39, 0.29) is 23.9 Å². The summed E-state index contributed by atoms with van der Waals surface area (Å²) >= 11 is 0. The molecule has 228 valence electrons. The second kappa shape index (κ2) is 13.4. The molecule has 1 N–H and O–H groups in total. The van der Waals surface area contributed by atoms with Crippen LogP contribution >= 0.6 is 0 Å². The summed E-state index contributed by atoms with van der Waals surface area (Å²) < 4.78 is 47.1. The Balaban J connectivity index is 1.23. The third kappa shape index (κ3) is 6.98. The van der Waals surface area contributed by atoms with Crippen LogP contribution < -0.4 is 10.2 Å². The predicted molar refractivity (Wildman–Crippen MR) is 168 cm³/mol. The highest BCUT2D eigenvalue weighted by Gasteiger charge is 2.38. The summed E-state index contributed by atoms with van der Waals surface area (Å²) in [6.45, 7) is 3.81. The lowest BCUT2D eigenvalue weighted by molar-refractivity contribution is -0.148. The second-order valence-electron chi connectivity index (χ2n) is 10.8. The lowest BCUT2D eigenvalue weighted by atomic mass is 9.92. The van der Waals surface area contributed by atoms with Gasteiger partial charge < -0.3 is 15.0 Å². The number of halogens is 1. The maximum atomic E-state index is 13.5. The Labute approximate surface area is 257 Å². The van der Waals surface area contributed by atoms with Crippen LogP contribution in [-0.4, -0.2) is 43.8 Å². The number of carbonyl (C=O) groups excluding carboxylic acids is 2. The van der Waals surface area contributed by atoms with Gasteiger partial charge in [0.1, 0.15) is 5.82 Å². The minimum absolute atomic E-state index is 0.0673. The Bertz CT molecular complexity index is 1710. The highest BCUT2D eigenvalue weighted by molar-refractivity contribution is 7.89. The fourth-order valence-corrected chi connectivity index (χ4v) is 7.07. The number of hydrogen-bond acceptors (Lipinski definition) is 6. The van der Waals surface area contributed by atoms with Crippen molar-refractivity contribution in [2.45, 2.75) is 43.7 Å². The zero-order chi connectivity index (χ0) is 31.3. The van der Waals surface area contributed by atoms with E-state index in [1.165, 1.54) is 16.4 Å². The van der Waals surface area contributed by atoms with E-state index in [1.807, 2.05) is 54.6 Å². The van der Waals surface area contributed by atoms with E-state index in [2.05, 4.69) is 24.1 Å². The quantitative estimate of drug-likeness (QED) is 0.213. The number of amides is 1. The molecule has 44 heavy (non-hydrogen) atoms. The number of ether oxygens (including phenoxy) is 1. The molecule has 0 radical (unpaired) electrons. The molecule has 1 atom stereocenters. The summed E-state index contributed by atoms with van der Waals surface area (Å²) in [6, 6.07) is 28.7. The number of fused-ring (bicyclic) bond motifs is 1. The van der Waals surface area contributed by atoms with Crippen LogP contribution in [0.3, 0.4) is 0 Å². The molecule has 0 spiro atoms. The Kier molecular flexibility index (Phi) is 9.41. The lowest BCUT2D eigenvalue weighted by Gasteiger charge is -2.36. The van der Waals surface area contributed by atoms with Gasteiger partial charge in [0.2, 0.25) is 10.0 Å². The minimum Gasteiger partial charge on any atom is -0.456 e. The average molecular weight is 616 g/mol. The SMILES string of the molecule is CC(C)N(c1ccccc1)c1ccc(NC(=O)COC(=O)C[C@H]2c3ccccc3CCN2S(=O)(=O)c2ccc(F)cc2)cc1. The minimum atomic E-state index is -4.05. The van der Waals surface area contributed by atoms with E-state index < -0.39 is 40.4 Å². The average Bonchev–Trinajstić information content (AvgIpc) is 3.01. The first-order valence-electron chi connectivity index (χ1n) is 14.4. The van der Waals surface area contributed by atoms with Crippen molar-refractivity contribution in [1.82, 2.24) is 4.31 Å². The van der Waals surface area contributed by atoms with Crippen LogP contribution in [0.1, 0.15) is 37.4 Å². The summed E-state index contributed by atoms with van der Waals surface area (Å²) in [4.78, 5) is 27.7. The van der Waals surface area contributed by atoms with Gasteiger partial charge in [0.15, 0.2) is 6.61 Å². The molecule has 10 heteroatoms. The topological polar surface area (TPSA) is 96.0 Å². The number of esters is 1. The summed E-state index contributed by atoms with van der Waals surface area (Å²) in [6.07, 6.45) is 0.174. The first-order valence-corrected chi connectivity index (χ1v) is 15.8. The molecule has 0 bridgehead atoms. The van der Waals surface area contributed by atoms with Crippen molar-refractivity contribution in [1.29, 1.82) is 0 Å². The monoisotopic (exact) mass is 615 g/mol. The summed E-state index contributed by atoms with van der Waals surface area (Å²) in [7, 11) is -4.05. The van der Waals surface area contributed by atoms with E-state index in [0.29, 0.717) is 17.7 Å². The Morgan fingerprint density at radius 2 is 1.55 bits per heavy atom. The fraction of sp³-hybridized carbons (Fsp3) is 0.235. The molecular weight excluding hydrogens is 581 g/mol. The van der Waals surface area contributed by atoms with E-state index in [9.17, 15) is 22.4 Å². The summed E-state index contributed by atoms with van der Waals surface area (Å²) in [5, 5.41) is 2.74. The van der Waals surface area contributed by atoms with Gasteiger partial charge in [-0.25, -0.2) is 12.8 Å². The van der Waals surface area contributed by atoms with Gasteiger partial charge in [-0.05, 0) is 92.1 Å². The third-order valence-corrected chi connectivity index (χ3v) is 9.41. The second-order valence-corrected chi connectivity index (χ2v) is 12.7. The number of hydrogen-bond donors (Lipinski definition) is 1. The van der Waals surface area contributed by atoms with Gasteiger partial charge in [0.05, 0.1) is 17.4 Å². The number of anilines is 3. The van der Waals surface area contributed by atoms with Gasteiger partial charge in [0.25, 0.3) is 5.91 Å². The van der Waals surface area contributed by atoms with Crippen LogP contribution in [0, 0.1) is 5.82 Å². The standard InChI is InChI=1S/C34H34FN3O5S/c1-24(2)38(28-9-4-3-5-10-28)29-16-14-27(15-17-29)36-33(39)23-43-34(40)22-32-31-11-7-6-8-25(31)20-21-37(32)44(41,42)30-18-12-26(35)13-19-30/h3-19,24,32H,20-23H2,1-2H3,(H,36,39)/t32-/m0/s1. The highest BCUT2D eigenvalue weighted by atomic mass is 32.2. The van der Waals surface area contributed by atoms with Crippen molar-refractivity contribution in [2.24, 2.45) is 0 Å². The Morgan fingerprint density at radius 3 is 2.23 bits per heavy atom. The smallest absolute Gasteiger partial charge is 0.308 e. The lowest BCUT2D eigenvalue weighted by Crippen LogP contribution is -2.41. The van der Waals surface area contributed by atoms with Gasteiger partial charge in [-0.2, -0.15) is 4.31 Å². The van der Waals surface area contributed by atoms with Crippen molar-refractivity contribution in [3.05, 3.63) is 120 Å². The molecule has 1 heterocycles. The van der Waals surface area contributed by atoms with E-state index >= 15 is 0 Å². The molecule has 5 rings (SSSR count). The van der Waals surface area contributed by atoms with Gasteiger partial charge >= 0.3 is 5.97 Å². The molecule has 0 unspecified atom stereocenters. The number of sulfonamides is 1. The van der Waals surface area contributed by atoms with Crippen LogP contribution in [0.2, 0.25) is 0 Å². The number of carbonyl (C=O) groups is 2. The molecule has 4 aromatic rings. The van der Waals surface area contributed by atoms with Crippen LogP contribution in [0.4, 0.5) is 21.5 Å². The zero-order valence-corrected chi connectivity index (χ0v) is 25.3. The molecule has 8 nitrogen and oxygen atoms in total. The van der Waals surface area contributed by atoms with E-state index in [0.717, 1.165) is 29.1 Å². The normalized spacial score (nSPS) is 15.0. The van der Waals surface area contributed by atoms with Gasteiger partial charge in [-0.3, -0.25) is 9.59 Å². The first kappa shape index (κ1) is 30.9. The van der Waals surface area contributed by atoms with Crippen LogP contribution in [0.5, 0.6) is 0 Å². The van der Waals surface area contributed by atoms with Crippen molar-refractivity contribution in [3.63, 3.8) is 0 Å². The van der Waals surface area contributed by atoms with Gasteiger partial charge in [0, 0.05) is 29.6 Å². The summed E-state index contributed by atoms with van der Waals surface area (Å²) in [5.74, 6) is -1.78. The largest absolute Gasteiger partial charge is 0.456 e. The number of nitrogens with one attached hydrogen (secondary N) is 1. The Hall–Kier alpha value is -4.54. The van der Waals surface area contributed by atoms with Crippen LogP contribution in [-0.2, 0) is 30.8 Å². The van der Waals surface area contributed by atoms with Crippen LogP contribution in [0.25, 0.3) is 0 Å². The molecule has 0 aromatic heterocycles. The molecular formula is C34H34FN3O5S. The maximum absolute atomic E-state index is 13.5. The molecule has 0 fully saturated rings. The predicted octanol–water partition coefficient (Wildman–Crippen LogP) is 6.23. The number of para-hydroxylation sites is 1. The van der Waals surface area contributed by atoms with Gasteiger partial charge in [-0.1, -0.05) is 42.5 Å². The molecule has 4 aromatic carbocycles. The van der Waals surface area contributed by atoms with Crippen molar-refractivity contribution in [3.8, 4) is 0 Å². The molecule has 0 saturated carbocycles. The molecule has 0 saturated heterocycles. The molecule has 0 aliphatic carbocycles. The van der Waals surface area contributed by atoms with Crippen LogP contribution in [0.15, 0.2) is 108 Å².